The van der Waals surface area contributed by atoms with Crippen LogP contribution in [-0.4, -0.2) is 16.5 Å². The molecule has 49 heavy (non-hydrogen) atoms. The smallest absolute Gasteiger partial charge is 0.758 e. The third-order valence-electron chi connectivity index (χ3n) is 9.31. The molecule has 0 fully saturated rings. The normalized spacial score (nSPS) is 15.6. The van der Waals surface area contributed by atoms with Crippen molar-refractivity contribution < 1.29 is 21.1 Å². The Morgan fingerprint density at radius 1 is 0.510 bits per heavy atom. The minimum absolute atomic E-state index is 0. The Balaban J connectivity index is 0.00000378. The minimum Gasteiger partial charge on any atom is -0.758 e. The van der Waals surface area contributed by atoms with Gasteiger partial charge in [0.05, 0.1) is 0 Å². The number of anilines is 2. The van der Waals surface area contributed by atoms with Crippen LogP contribution in [0, 0.1) is 13.3 Å². The first-order chi connectivity index (χ1) is 23.6. The molecule has 0 N–H and O–H groups in total. The van der Waals surface area contributed by atoms with E-state index in [9.17, 15) is 0 Å². The fourth-order valence-electron chi connectivity index (χ4n) is 6.99. The standard InChI is InChI=1S/C42H36N4S2.Pt/c47-41(33-18-6-1-7-19-33,34-20-8-2-9-21-34)45-31-43(37-26-14-5-15-28-39(37)45)30-44-32-46(40-29-17-16-27-38(40)44)42(48,35-22-10-3-11-23-35)36-24-12-4-13-25-36;/h1-27,29,31-32,47-48H,28,30H2;/q-2;+4/p-2. The predicted molar refractivity (Wildman–Crippen MR) is 201 cm³/mol. The van der Waals surface area contributed by atoms with E-state index in [1.54, 1.807) is 0 Å². The Bertz CT molecular complexity index is 1900. The number of fused-ring (bicyclic) bond motifs is 1. The summed E-state index contributed by atoms with van der Waals surface area (Å²) in [5, 5.41) is 0. The third kappa shape index (κ3) is 5.84. The zero-order valence-electron chi connectivity index (χ0n) is 26.7. The van der Waals surface area contributed by atoms with Gasteiger partial charge < -0.3 is 44.9 Å². The first kappa shape index (κ1) is 33.4. The maximum Gasteiger partial charge on any atom is 4.00 e. The summed E-state index contributed by atoms with van der Waals surface area (Å²) in [6, 6.07) is 50.3. The van der Waals surface area contributed by atoms with E-state index in [1.807, 2.05) is 24.3 Å². The molecule has 5 aromatic rings. The van der Waals surface area contributed by atoms with Crippen LogP contribution in [0.1, 0.15) is 28.7 Å². The monoisotopic (exact) mass is 853 g/mol. The van der Waals surface area contributed by atoms with E-state index in [1.165, 1.54) is 5.70 Å². The van der Waals surface area contributed by atoms with Gasteiger partial charge in [0.25, 0.3) is 0 Å². The number of allylic oxidation sites excluding steroid dienone is 4. The summed E-state index contributed by atoms with van der Waals surface area (Å²) in [6.45, 7) is 4.95. The molecular weight excluding hydrogens is 820 g/mol. The van der Waals surface area contributed by atoms with E-state index < -0.39 is 9.74 Å². The molecule has 7 heteroatoms. The van der Waals surface area contributed by atoms with E-state index in [4.69, 9.17) is 25.3 Å². The topological polar surface area (TPSA) is 13.0 Å². The molecule has 0 amide bonds. The first-order valence-electron chi connectivity index (χ1n) is 16.2. The van der Waals surface area contributed by atoms with E-state index >= 15 is 0 Å². The van der Waals surface area contributed by atoms with Gasteiger partial charge in [0.2, 0.25) is 0 Å². The predicted octanol–water partition coefficient (Wildman–Crippen LogP) is 8.75. The van der Waals surface area contributed by atoms with Gasteiger partial charge in [-0.3, -0.25) is 0 Å². The number of hydrogen-bond donors (Lipinski definition) is 0. The van der Waals surface area contributed by atoms with E-state index in [2.05, 4.69) is 179 Å². The molecule has 0 aromatic heterocycles. The average molecular weight is 854 g/mol. The Morgan fingerprint density at radius 3 is 1.45 bits per heavy atom. The van der Waals surface area contributed by atoms with Gasteiger partial charge in [-0.05, 0) is 40.5 Å². The molecule has 3 aliphatic rings. The van der Waals surface area contributed by atoms with Crippen molar-refractivity contribution in [3.8, 4) is 0 Å². The molecular formula is C42H34N4PtS2. The van der Waals surface area contributed by atoms with Crippen LogP contribution < -0.4 is 9.80 Å². The van der Waals surface area contributed by atoms with E-state index in [0.29, 0.717) is 6.67 Å². The average Bonchev–Trinajstić information content (AvgIpc) is 3.59. The van der Waals surface area contributed by atoms with Crippen LogP contribution in [0.5, 0.6) is 0 Å². The molecule has 2 heterocycles. The molecule has 0 saturated carbocycles. The summed E-state index contributed by atoms with van der Waals surface area (Å²) < 4.78 is 0. The fourth-order valence-corrected chi connectivity index (χ4v) is 7.84. The molecule has 5 aromatic carbocycles. The summed E-state index contributed by atoms with van der Waals surface area (Å²) >= 11 is 13.4. The molecule has 244 valence electrons. The fraction of sp³-hybridized carbons (Fsp3) is 0.0952. The number of benzene rings is 5. The van der Waals surface area contributed by atoms with Crippen LogP contribution in [0.4, 0.5) is 11.4 Å². The maximum absolute atomic E-state index is 6.72. The van der Waals surface area contributed by atoms with Crippen molar-refractivity contribution in [2.45, 2.75) is 16.2 Å². The van der Waals surface area contributed by atoms with Gasteiger partial charge in [0.15, 0.2) is 0 Å². The Kier molecular flexibility index (Phi) is 9.57. The van der Waals surface area contributed by atoms with Gasteiger partial charge in [-0.15, -0.1) is 0 Å². The minimum atomic E-state index is -0.860. The largest absolute Gasteiger partial charge is 4.00 e. The van der Waals surface area contributed by atoms with Crippen LogP contribution in [0.2, 0.25) is 0 Å². The molecule has 1 aliphatic carbocycles. The van der Waals surface area contributed by atoms with Gasteiger partial charge in [-0.25, -0.2) is 0 Å². The molecule has 0 atom stereocenters. The molecule has 0 radical (unpaired) electrons. The van der Waals surface area contributed by atoms with Crippen LogP contribution >= 0.6 is 0 Å². The van der Waals surface area contributed by atoms with Crippen molar-refractivity contribution in [1.29, 1.82) is 0 Å². The molecule has 2 aliphatic heterocycles. The van der Waals surface area contributed by atoms with Crippen LogP contribution in [-0.2, 0) is 56.1 Å². The Hall–Kier alpha value is -4.09. The van der Waals surface area contributed by atoms with Gasteiger partial charge in [0.1, 0.15) is 0 Å². The van der Waals surface area contributed by atoms with E-state index in [-0.39, 0.29) is 21.1 Å². The summed E-state index contributed by atoms with van der Waals surface area (Å²) in [7, 11) is 0. The van der Waals surface area contributed by atoms with Gasteiger partial charge in [0, 0.05) is 35.9 Å². The molecule has 0 unspecified atom stereocenters. The summed E-state index contributed by atoms with van der Waals surface area (Å²) in [5.41, 5.74) is 8.65. The van der Waals surface area contributed by atoms with Crippen molar-refractivity contribution in [1.82, 2.24) is 9.80 Å². The van der Waals surface area contributed by atoms with E-state index in [0.717, 1.165) is 45.7 Å². The number of para-hydroxylation sites is 2. The van der Waals surface area contributed by atoms with Crippen molar-refractivity contribution in [3.63, 3.8) is 0 Å². The van der Waals surface area contributed by atoms with Gasteiger partial charge in [-0.2, -0.15) is 13.3 Å². The number of rotatable bonds is 8. The van der Waals surface area contributed by atoms with Crippen molar-refractivity contribution in [2.75, 3.05) is 16.5 Å². The van der Waals surface area contributed by atoms with Crippen molar-refractivity contribution in [3.05, 3.63) is 217 Å². The summed E-state index contributed by atoms with van der Waals surface area (Å²) in [5.74, 6) is 0. The summed E-state index contributed by atoms with van der Waals surface area (Å²) in [6.07, 6.45) is 9.41. The second-order valence-electron chi connectivity index (χ2n) is 12.1. The zero-order chi connectivity index (χ0) is 32.6. The molecule has 0 spiro atoms. The first-order valence-corrected chi connectivity index (χ1v) is 17.0. The van der Waals surface area contributed by atoms with Crippen LogP contribution in [0.3, 0.4) is 0 Å². The Labute approximate surface area is 315 Å². The molecule has 0 saturated heterocycles. The summed E-state index contributed by atoms with van der Waals surface area (Å²) in [4.78, 5) is 7.46. The second kappa shape index (κ2) is 14.0. The van der Waals surface area contributed by atoms with Gasteiger partial charge in [-0.1, -0.05) is 161 Å². The van der Waals surface area contributed by atoms with Crippen molar-refractivity contribution in [2.24, 2.45) is 0 Å². The van der Waals surface area contributed by atoms with Crippen molar-refractivity contribution >= 4 is 36.6 Å². The quantitative estimate of drug-likeness (QED) is 0.114. The second-order valence-corrected chi connectivity index (χ2v) is 13.3. The molecule has 0 bridgehead atoms. The Morgan fingerprint density at radius 2 is 0.939 bits per heavy atom. The molecule has 8 rings (SSSR count). The zero-order valence-corrected chi connectivity index (χ0v) is 30.6. The maximum atomic E-state index is 6.72. The van der Waals surface area contributed by atoms with Crippen LogP contribution in [0.25, 0.3) is 0 Å². The number of nitrogens with zero attached hydrogens (tertiary/aromatic N) is 4. The SMILES string of the molecule is [Pt+4].[S-]C(c1ccccc1)(c1ccccc1)N1[CH-]N(CN2[CH-]N(C([S-])(c3ccccc3)c3ccccc3)c3ccccc32)C2=C1CC=CC=C2. The third-order valence-corrected chi connectivity index (χ3v) is 10.6. The number of hydrogen-bond acceptors (Lipinski definition) is 6. The molecule has 4 nitrogen and oxygen atoms in total. The van der Waals surface area contributed by atoms with Crippen LogP contribution in [0.15, 0.2) is 181 Å². The van der Waals surface area contributed by atoms with Gasteiger partial charge >= 0.3 is 21.1 Å².